The van der Waals surface area contributed by atoms with Crippen molar-refractivity contribution in [1.29, 1.82) is 0 Å². The van der Waals surface area contributed by atoms with E-state index in [4.69, 9.17) is 12.2 Å². The van der Waals surface area contributed by atoms with Gasteiger partial charge in [-0.3, -0.25) is 14.5 Å². The Morgan fingerprint density at radius 3 is 2.50 bits per heavy atom. The van der Waals surface area contributed by atoms with Crippen molar-refractivity contribution in [3.05, 3.63) is 54.1 Å². The number of anilines is 1. The fourth-order valence-electron chi connectivity index (χ4n) is 3.93. The van der Waals surface area contributed by atoms with Crippen molar-refractivity contribution in [3.63, 3.8) is 0 Å². The van der Waals surface area contributed by atoms with Crippen LogP contribution in [0.15, 0.2) is 53.6 Å². The number of fused-ring (bicyclic) bond motifs is 1. The minimum absolute atomic E-state index is 0.0633. The van der Waals surface area contributed by atoms with Crippen LogP contribution >= 0.6 is 12.2 Å². The predicted molar refractivity (Wildman–Crippen MR) is 115 cm³/mol. The van der Waals surface area contributed by atoms with E-state index >= 15 is 0 Å². The quantitative estimate of drug-likeness (QED) is 0.625. The Kier molecular flexibility index (Phi) is 5.48. The van der Waals surface area contributed by atoms with Gasteiger partial charge in [0.2, 0.25) is 11.0 Å². The van der Waals surface area contributed by atoms with Gasteiger partial charge in [0.1, 0.15) is 0 Å². The molecule has 0 aromatic heterocycles. The molecule has 1 atom stereocenters. The Labute approximate surface area is 170 Å². The molecule has 6 heteroatoms. The summed E-state index contributed by atoms with van der Waals surface area (Å²) in [6.45, 7) is 0. The third-order valence-corrected chi connectivity index (χ3v) is 5.75. The molecule has 3 aliphatic rings. The first-order chi connectivity index (χ1) is 13.6. The van der Waals surface area contributed by atoms with E-state index in [-0.39, 0.29) is 23.0 Å². The van der Waals surface area contributed by atoms with E-state index in [2.05, 4.69) is 10.3 Å². The molecular weight excluding hydrogens is 370 g/mol. The zero-order chi connectivity index (χ0) is 19.5. The standard InChI is InChI=1S/C22H23N3O2S/c26-20(23-16-7-3-1-2-4-8-16)15-11-13-17(14-12-15)25-21(27)18-9-5-6-10-19(18)24-22(25)28/h5-6,9-14,16,18H,1-4,7-8H2,(H,23,26). The van der Waals surface area contributed by atoms with Crippen molar-refractivity contribution in [2.45, 2.75) is 44.6 Å². The summed E-state index contributed by atoms with van der Waals surface area (Å²) in [6, 6.07) is 7.26. The molecule has 2 amide bonds. The van der Waals surface area contributed by atoms with Crippen LogP contribution < -0.4 is 10.2 Å². The summed E-state index contributed by atoms with van der Waals surface area (Å²) in [4.78, 5) is 31.3. The van der Waals surface area contributed by atoms with Gasteiger partial charge in [0.25, 0.3) is 5.91 Å². The molecule has 1 aromatic rings. The highest BCUT2D eigenvalue weighted by atomic mass is 32.1. The molecule has 2 aliphatic carbocycles. The molecule has 5 nitrogen and oxygen atoms in total. The van der Waals surface area contributed by atoms with Crippen molar-refractivity contribution in [1.82, 2.24) is 5.32 Å². The largest absolute Gasteiger partial charge is 0.349 e. The molecule has 1 N–H and O–H groups in total. The first-order valence-corrected chi connectivity index (χ1v) is 10.3. The molecule has 1 fully saturated rings. The molecule has 1 aliphatic heterocycles. The van der Waals surface area contributed by atoms with Gasteiger partial charge in [-0.05, 0) is 55.4 Å². The molecule has 4 rings (SSSR count). The first kappa shape index (κ1) is 18.7. The Morgan fingerprint density at radius 2 is 1.79 bits per heavy atom. The number of nitrogens with one attached hydrogen (secondary N) is 1. The summed E-state index contributed by atoms with van der Waals surface area (Å²) in [5.41, 5.74) is 1.90. The Hall–Kier alpha value is -2.60. The monoisotopic (exact) mass is 393 g/mol. The second kappa shape index (κ2) is 8.19. The molecule has 0 spiro atoms. The van der Waals surface area contributed by atoms with E-state index in [0.29, 0.717) is 17.0 Å². The van der Waals surface area contributed by atoms with Gasteiger partial charge >= 0.3 is 0 Å². The van der Waals surface area contributed by atoms with Crippen molar-refractivity contribution < 1.29 is 9.59 Å². The van der Waals surface area contributed by atoms with Gasteiger partial charge in [0.15, 0.2) is 0 Å². The third-order valence-electron chi connectivity index (χ3n) is 5.48. The Morgan fingerprint density at radius 1 is 1.07 bits per heavy atom. The van der Waals surface area contributed by atoms with Crippen LogP contribution in [0.1, 0.15) is 48.9 Å². The summed E-state index contributed by atoms with van der Waals surface area (Å²) < 4.78 is 0. The number of aliphatic imine (C=N–C) groups is 1. The molecular formula is C22H23N3O2S. The minimum atomic E-state index is -0.407. The maximum Gasteiger partial charge on any atom is 0.251 e. The summed E-state index contributed by atoms with van der Waals surface area (Å²) in [7, 11) is 0. The van der Waals surface area contributed by atoms with E-state index in [1.807, 2.05) is 24.3 Å². The summed E-state index contributed by atoms with van der Waals surface area (Å²) in [6.07, 6.45) is 14.3. The van der Waals surface area contributed by atoms with Crippen LogP contribution in [-0.4, -0.2) is 28.7 Å². The molecule has 0 bridgehead atoms. The average molecular weight is 394 g/mol. The zero-order valence-electron chi connectivity index (χ0n) is 15.6. The summed E-state index contributed by atoms with van der Waals surface area (Å²) in [5.74, 6) is -0.590. The third kappa shape index (κ3) is 3.83. The summed E-state index contributed by atoms with van der Waals surface area (Å²) in [5, 5.41) is 3.37. The number of nitrogens with zero attached hydrogens (tertiary/aromatic N) is 2. The molecule has 1 unspecified atom stereocenters. The maximum absolute atomic E-state index is 12.9. The first-order valence-electron chi connectivity index (χ1n) is 9.86. The smallest absolute Gasteiger partial charge is 0.251 e. The van der Waals surface area contributed by atoms with Gasteiger partial charge in [0.05, 0.1) is 17.3 Å². The number of amides is 2. The van der Waals surface area contributed by atoms with E-state index in [1.54, 1.807) is 24.3 Å². The van der Waals surface area contributed by atoms with Crippen LogP contribution in [0.25, 0.3) is 0 Å². The highest BCUT2D eigenvalue weighted by Crippen LogP contribution is 2.26. The van der Waals surface area contributed by atoms with Gasteiger partial charge in [0, 0.05) is 11.6 Å². The second-order valence-electron chi connectivity index (χ2n) is 7.42. The van der Waals surface area contributed by atoms with Crippen LogP contribution in [0.5, 0.6) is 0 Å². The molecule has 0 saturated heterocycles. The van der Waals surface area contributed by atoms with Crippen molar-refractivity contribution in [2.24, 2.45) is 10.9 Å². The van der Waals surface area contributed by atoms with Crippen molar-refractivity contribution in [3.8, 4) is 0 Å². The average Bonchev–Trinajstić information content (AvgIpc) is 2.97. The molecule has 1 heterocycles. The van der Waals surface area contributed by atoms with Crippen molar-refractivity contribution >= 4 is 40.5 Å². The highest BCUT2D eigenvalue weighted by molar-refractivity contribution is 7.80. The van der Waals surface area contributed by atoms with E-state index in [1.165, 1.54) is 30.6 Å². The molecule has 1 aromatic carbocycles. The fraction of sp³-hybridized carbons (Fsp3) is 0.364. The lowest BCUT2D eigenvalue weighted by atomic mass is 9.95. The SMILES string of the molecule is O=C(NC1CCCCCC1)c1ccc(N2C(=O)C3C=CC=CC3=NC2=S)cc1. The van der Waals surface area contributed by atoms with Crippen molar-refractivity contribution in [2.75, 3.05) is 4.90 Å². The number of thiocarbonyl (C=S) groups is 1. The van der Waals surface area contributed by atoms with E-state index < -0.39 is 5.92 Å². The number of hydrogen-bond donors (Lipinski definition) is 1. The second-order valence-corrected chi connectivity index (χ2v) is 7.79. The lowest BCUT2D eigenvalue weighted by molar-refractivity contribution is -0.118. The summed E-state index contributed by atoms with van der Waals surface area (Å²) >= 11 is 5.34. The van der Waals surface area contributed by atoms with Crippen LogP contribution in [0.2, 0.25) is 0 Å². The number of allylic oxidation sites excluding steroid dienone is 3. The van der Waals surface area contributed by atoms with Crippen LogP contribution in [0.3, 0.4) is 0 Å². The minimum Gasteiger partial charge on any atom is -0.349 e. The number of carbonyl (C=O) groups excluding carboxylic acids is 2. The number of benzene rings is 1. The van der Waals surface area contributed by atoms with Gasteiger partial charge in [-0.2, -0.15) is 0 Å². The van der Waals surface area contributed by atoms with Gasteiger partial charge in [-0.25, -0.2) is 4.99 Å². The molecule has 144 valence electrons. The van der Waals surface area contributed by atoms with E-state index in [0.717, 1.165) is 12.8 Å². The zero-order valence-corrected chi connectivity index (χ0v) is 16.5. The number of rotatable bonds is 3. The molecule has 28 heavy (non-hydrogen) atoms. The fourth-order valence-corrected chi connectivity index (χ4v) is 4.23. The van der Waals surface area contributed by atoms with Crippen LogP contribution in [0.4, 0.5) is 5.69 Å². The van der Waals surface area contributed by atoms with Gasteiger partial charge in [-0.1, -0.05) is 43.9 Å². The Bertz CT molecular complexity index is 878. The van der Waals surface area contributed by atoms with E-state index in [9.17, 15) is 9.59 Å². The normalized spacial score (nSPS) is 22.5. The topological polar surface area (TPSA) is 61.8 Å². The lowest BCUT2D eigenvalue weighted by Crippen LogP contribution is -2.46. The number of hydrogen-bond acceptors (Lipinski definition) is 3. The highest BCUT2D eigenvalue weighted by Gasteiger charge is 2.34. The van der Waals surface area contributed by atoms with Crippen LogP contribution in [0, 0.1) is 5.92 Å². The van der Waals surface area contributed by atoms with Gasteiger partial charge < -0.3 is 5.32 Å². The predicted octanol–water partition coefficient (Wildman–Crippen LogP) is 3.95. The van der Waals surface area contributed by atoms with Crippen LogP contribution in [-0.2, 0) is 4.79 Å². The number of carbonyl (C=O) groups is 2. The molecule has 1 saturated carbocycles. The van der Waals surface area contributed by atoms with Gasteiger partial charge in [-0.15, -0.1) is 0 Å². The Balaban J connectivity index is 1.48. The molecule has 0 radical (unpaired) electrons. The maximum atomic E-state index is 12.9. The lowest BCUT2D eigenvalue weighted by Gasteiger charge is -2.30.